The maximum absolute atomic E-state index is 12.0. The molecular formula is C23H31N5O4. The number of likely N-dealkylation sites (tertiary alicyclic amines) is 1. The molecule has 1 saturated heterocycles. The zero-order chi connectivity index (χ0) is 22.3. The van der Waals surface area contributed by atoms with E-state index in [4.69, 9.17) is 14.2 Å². The monoisotopic (exact) mass is 441 g/mol. The Morgan fingerprint density at radius 2 is 1.66 bits per heavy atom. The van der Waals surface area contributed by atoms with Crippen LogP contribution in [0.5, 0.6) is 5.88 Å². The quantitative estimate of drug-likeness (QED) is 0.670. The van der Waals surface area contributed by atoms with Crippen LogP contribution >= 0.6 is 0 Å². The van der Waals surface area contributed by atoms with Crippen LogP contribution in [0.2, 0.25) is 0 Å². The van der Waals surface area contributed by atoms with Gasteiger partial charge in [-0.15, -0.1) is 0 Å². The van der Waals surface area contributed by atoms with E-state index in [0.717, 1.165) is 49.8 Å². The van der Waals surface area contributed by atoms with Gasteiger partial charge < -0.3 is 19.1 Å². The fourth-order valence-electron chi connectivity index (χ4n) is 4.15. The molecule has 3 heterocycles. The van der Waals surface area contributed by atoms with Crippen molar-refractivity contribution in [2.24, 2.45) is 0 Å². The zero-order valence-corrected chi connectivity index (χ0v) is 18.7. The molecule has 9 heteroatoms. The van der Waals surface area contributed by atoms with E-state index in [0.29, 0.717) is 19.0 Å². The minimum absolute atomic E-state index is 0.0866. The highest BCUT2D eigenvalue weighted by atomic mass is 16.6. The molecule has 0 N–H and O–H groups in total. The van der Waals surface area contributed by atoms with Gasteiger partial charge in [-0.2, -0.15) is 10.2 Å². The lowest BCUT2D eigenvalue weighted by Crippen LogP contribution is -2.43. The summed E-state index contributed by atoms with van der Waals surface area (Å²) in [6.07, 6.45) is 12.5. The number of nitrogens with zero attached hydrogens (tertiary/aromatic N) is 5. The Morgan fingerprint density at radius 3 is 2.28 bits per heavy atom. The van der Waals surface area contributed by atoms with E-state index >= 15 is 0 Å². The van der Waals surface area contributed by atoms with Crippen LogP contribution in [0.25, 0.3) is 11.3 Å². The van der Waals surface area contributed by atoms with Gasteiger partial charge in [0.1, 0.15) is 6.10 Å². The number of aromatic nitrogens is 4. The van der Waals surface area contributed by atoms with Gasteiger partial charge in [0.25, 0.3) is 0 Å². The van der Waals surface area contributed by atoms with Gasteiger partial charge in [-0.25, -0.2) is 14.8 Å². The molecule has 2 aliphatic rings. The molecule has 1 amide bonds. The van der Waals surface area contributed by atoms with Crippen LogP contribution in [-0.2, 0) is 9.47 Å². The summed E-state index contributed by atoms with van der Waals surface area (Å²) in [6, 6.07) is 1.85. The Hall–Kier alpha value is -2.81. The van der Waals surface area contributed by atoms with Crippen molar-refractivity contribution in [3.63, 3.8) is 0 Å². The fraction of sp³-hybridized carbons (Fsp3) is 0.609. The third kappa shape index (κ3) is 6.12. The molecule has 0 atom stereocenters. The van der Waals surface area contributed by atoms with E-state index < -0.39 is 0 Å². The first-order valence-corrected chi connectivity index (χ1v) is 11.4. The van der Waals surface area contributed by atoms with Crippen LogP contribution in [-0.4, -0.2) is 68.7 Å². The first-order chi connectivity index (χ1) is 15.6. The molecule has 0 spiro atoms. The van der Waals surface area contributed by atoms with E-state index in [1.807, 2.05) is 19.9 Å². The molecule has 4 rings (SSSR count). The molecule has 0 bridgehead atoms. The SMILES string of the molecule is CC(C)OC(=O)N1CCC(OC2CCC(Oc3cnc(-c4ccnnc4)cn3)CC2)CC1. The predicted octanol–water partition coefficient (Wildman–Crippen LogP) is 3.65. The summed E-state index contributed by atoms with van der Waals surface area (Å²) in [5.74, 6) is 0.542. The number of piperidine rings is 1. The lowest BCUT2D eigenvalue weighted by atomic mass is 9.94. The molecule has 9 nitrogen and oxygen atoms in total. The second-order valence-electron chi connectivity index (χ2n) is 8.64. The van der Waals surface area contributed by atoms with Crippen molar-refractivity contribution >= 4 is 6.09 Å². The third-order valence-electron chi connectivity index (χ3n) is 5.84. The lowest BCUT2D eigenvalue weighted by molar-refractivity contribution is -0.0659. The number of hydrogen-bond donors (Lipinski definition) is 0. The standard InChI is InChI=1S/C23H31N5O4/c1-16(2)30-23(29)28-11-8-20(9-12-28)31-18-3-5-19(6-4-18)32-22-15-24-21(14-25-22)17-7-10-26-27-13-17/h7,10,13-16,18-20H,3-6,8-9,11-12H2,1-2H3. The van der Waals surface area contributed by atoms with Crippen molar-refractivity contribution < 1.29 is 19.0 Å². The van der Waals surface area contributed by atoms with E-state index in [2.05, 4.69) is 20.2 Å². The van der Waals surface area contributed by atoms with Crippen LogP contribution in [0.1, 0.15) is 52.4 Å². The summed E-state index contributed by atoms with van der Waals surface area (Å²) in [6.45, 7) is 5.13. The molecule has 2 aromatic heterocycles. The summed E-state index contributed by atoms with van der Waals surface area (Å²) in [5, 5.41) is 7.64. The molecule has 0 aromatic carbocycles. The topological polar surface area (TPSA) is 99.6 Å². The number of ether oxygens (including phenoxy) is 3. The Morgan fingerprint density at radius 1 is 0.938 bits per heavy atom. The summed E-state index contributed by atoms with van der Waals surface area (Å²) in [7, 11) is 0. The third-order valence-corrected chi connectivity index (χ3v) is 5.84. The number of rotatable bonds is 6. The molecule has 1 aliphatic heterocycles. The maximum Gasteiger partial charge on any atom is 0.410 e. The van der Waals surface area contributed by atoms with Crippen LogP contribution in [0.15, 0.2) is 30.9 Å². The maximum atomic E-state index is 12.0. The van der Waals surface area contributed by atoms with Crippen molar-refractivity contribution in [2.75, 3.05) is 13.1 Å². The van der Waals surface area contributed by atoms with Gasteiger partial charge >= 0.3 is 6.09 Å². The fourth-order valence-corrected chi connectivity index (χ4v) is 4.15. The van der Waals surface area contributed by atoms with Crippen LogP contribution in [0.4, 0.5) is 4.79 Å². The number of carbonyl (C=O) groups excluding carboxylic acids is 1. The smallest absolute Gasteiger partial charge is 0.410 e. The summed E-state index contributed by atoms with van der Waals surface area (Å²) < 4.78 is 17.7. The van der Waals surface area contributed by atoms with Crippen LogP contribution in [0, 0.1) is 0 Å². The van der Waals surface area contributed by atoms with Crippen molar-refractivity contribution in [1.29, 1.82) is 0 Å². The van der Waals surface area contributed by atoms with Crippen molar-refractivity contribution in [2.45, 2.75) is 76.8 Å². The van der Waals surface area contributed by atoms with Crippen molar-refractivity contribution in [1.82, 2.24) is 25.1 Å². The largest absolute Gasteiger partial charge is 0.473 e. The van der Waals surface area contributed by atoms with Gasteiger partial charge in [-0.3, -0.25) is 0 Å². The zero-order valence-electron chi connectivity index (χ0n) is 18.7. The molecule has 1 saturated carbocycles. The van der Waals surface area contributed by atoms with Gasteiger partial charge in [0.2, 0.25) is 5.88 Å². The minimum Gasteiger partial charge on any atom is -0.473 e. The Balaban J connectivity index is 1.17. The second kappa shape index (κ2) is 10.7. The molecular weight excluding hydrogens is 410 g/mol. The molecule has 1 aliphatic carbocycles. The number of amides is 1. The first-order valence-electron chi connectivity index (χ1n) is 11.4. The summed E-state index contributed by atoms with van der Waals surface area (Å²) in [5.41, 5.74) is 1.62. The molecule has 2 fully saturated rings. The van der Waals surface area contributed by atoms with Gasteiger partial charge in [0.05, 0.1) is 48.8 Å². The van der Waals surface area contributed by atoms with Crippen molar-refractivity contribution in [3.05, 3.63) is 30.9 Å². The van der Waals surface area contributed by atoms with Crippen LogP contribution in [0.3, 0.4) is 0 Å². The van der Waals surface area contributed by atoms with E-state index in [1.165, 1.54) is 0 Å². The lowest BCUT2D eigenvalue weighted by Gasteiger charge is -2.35. The molecule has 172 valence electrons. The van der Waals surface area contributed by atoms with Gasteiger partial charge in [-0.1, -0.05) is 0 Å². The minimum atomic E-state index is -0.218. The normalized spacial score (nSPS) is 22.0. The van der Waals surface area contributed by atoms with E-state index in [9.17, 15) is 4.79 Å². The second-order valence-corrected chi connectivity index (χ2v) is 8.64. The van der Waals surface area contributed by atoms with Crippen molar-refractivity contribution in [3.8, 4) is 17.1 Å². The highest BCUT2D eigenvalue weighted by Gasteiger charge is 2.29. The highest BCUT2D eigenvalue weighted by molar-refractivity contribution is 5.67. The van der Waals surface area contributed by atoms with E-state index in [-0.39, 0.29) is 30.5 Å². The molecule has 0 radical (unpaired) electrons. The van der Waals surface area contributed by atoms with Gasteiger partial charge in [0, 0.05) is 18.7 Å². The molecule has 32 heavy (non-hydrogen) atoms. The molecule has 2 aromatic rings. The average molecular weight is 442 g/mol. The predicted molar refractivity (Wildman–Crippen MR) is 117 cm³/mol. The number of hydrogen-bond acceptors (Lipinski definition) is 8. The average Bonchev–Trinajstić information content (AvgIpc) is 2.81. The Kier molecular flexibility index (Phi) is 7.47. The van der Waals surface area contributed by atoms with Gasteiger partial charge in [0.15, 0.2) is 0 Å². The first kappa shape index (κ1) is 22.4. The Labute approximate surface area is 188 Å². The van der Waals surface area contributed by atoms with Gasteiger partial charge in [-0.05, 0) is 58.4 Å². The summed E-state index contributed by atoms with van der Waals surface area (Å²) >= 11 is 0. The molecule has 0 unspecified atom stereocenters. The highest BCUT2D eigenvalue weighted by Crippen LogP contribution is 2.28. The van der Waals surface area contributed by atoms with E-state index in [1.54, 1.807) is 29.7 Å². The Bertz CT molecular complexity index is 848. The summed E-state index contributed by atoms with van der Waals surface area (Å²) in [4.78, 5) is 22.6. The number of carbonyl (C=O) groups is 1. The van der Waals surface area contributed by atoms with Crippen LogP contribution < -0.4 is 4.74 Å².